The summed E-state index contributed by atoms with van der Waals surface area (Å²) in [7, 11) is 1.42. The van der Waals surface area contributed by atoms with Crippen LogP contribution in [-0.2, 0) is 14.4 Å². The molecule has 2 amide bonds. The Hall–Kier alpha value is -1.39. The number of hydrogen-bond donors (Lipinski definition) is 1. The van der Waals surface area contributed by atoms with Crippen molar-refractivity contribution >= 4 is 17.8 Å². The molecule has 1 aliphatic rings. The van der Waals surface area contributed by atoms with Crippen LogP contribution in [0.5, 0.6) is 0 Å². The number of aliphatic carboxylic acids is 1. The average Bonchev–Trinajstić information content (AvgIpc) is 2.29. The second-order valence-electron chi connectivity index (χ2n) is 3.12. The normalized spacial score (nSPS) is 22.5. The smallest absolute Gasteiger partial charge is 0.303 e. The molecule has 1 fully saturated rings. The summed E-state index contributed by atoms with van der Waals surface area (Å²) >= 11 is 0. The molecule has 1 heterocycles. The van der Waals surface area contributed by atoms with E-state index in [4.69, 9.17) is 5.11 Å². The van der Waals surface area contributed by atoms with E-state index < -0.39 is 11.9 Å². The van der Waals surface area contributed by atoms with Crippen molar-refractivity contribution < 1.29 is 19.5 Å². The van der Waals surface area contributed by atoms with Crippen LogP contribution in [-0.4, -0.2) is 34.8 Å². The highest BCUT2D eigenvalue weighted by atomic mass is 16.4. The first-order valence-electron chi connectivity index (χ1n) is 4.04. The molecular weight excluding hydrogens is 174 g/mol. The van der Waals surface area contributed by atoms with Crippen molar-refractivity contribution in [3.05, 3.63) is 0 Å². The SMILES string of the molecule is CN1C(=O)CC(CCC(=O)O)C1=O. The van der Waals surface area contributed by atoms with Crippen LogP contribution in [0.4, 0.5) is 0 Å². The Morgan fingerprint density at radius 3 is 2.62 bits per heavy atom. The molecule has 1 atom stereocenters. The summed E-state index contributed by atoms with van der Waals surface area (Å²) in [6, 6.07) is 0. The maximum atomic E-state index is 11.2. The number of rotatable bonds is 3. The molecule has 1 saturated heterocycles. The molecule has 0 aliphatic carbocycles. The van der Waals surface area contributed by atoms with Crippen LogP contribution in [0.3, 0.4) is 0 Å². The summed E-state index contributed by atoms with van der Waals surface area (Å²) < 4.78 is 0. The lowest BCUT2D eigenvalue weighted by Gasteiger charge is -2.06. The van der Waals surface area contributed by atoms with Crippen molar-refractivity contribution in [1.82, 2.24) is 4.90 Å². The van der Waals surface area contributed by atoms with E-state index in [1.54, 1.807) is 0 Å². The Bertz CT molecular complexity index is 261. The first-order valence-corrected chi connectivity index (χ1v) is 4.04. The van der Waals surface area contributed by atoms with E-state index >= 15 is 0 Å². The molecular formula is C8H11NO4. The average molecular weight is 185 g/mol. The van der Waals surface area contributed by atoms with Crippen molar-refractivity contribution in [3.63, 3.8) is 0 Å². The molecule has 0 aromatic heterocycles. The predicted octanol–water partition coefficient (Wildman–Crippen LogP) is -0.144. The molecule has 5 nitrogen and oxygen atoms in total. The molecule has 1 unspecified atom stereocenters. The van der Waals surface area contributed by atoms with Gasteiger partial charge in [-0.1, -0.05) is 0 Å². The molecule has 0 aromatic carbocycles. The number of carboxylic acids is 1. The molecule has 5 heteroatoms. The Balaban J connectivity index is 2.49. The summed E-state index contributed by atoms with van der Waals surface area (Å²) in [6.07, 6.45) is 0.352. The molecule has 0 saturated carbocycles. The van der Waals surface area contributed by atoms with Crippen LogP contribution in [0.1, 0.15) is 19.3 Å². The van der Waals surface area contributed by atoms with E-state index in [2.05, 4.69) is 0 Å². The van der Waals surface area contributed by atoms with Gasteiger partial charge in [-0.15, -0.1) is 0 Å². The van der Waals surface area contributed by atoms with Gasteiger partial charge in [0, 0.05) is 25.8 Å². The number of amides is 2. The van der Waals surface area contributed by atoms with Crippen LogP contribution < -0.4 is 0 Å². The minimum absolute atomic E-state index is 0.0580. The minimum atomic E-state index is -0.935. The molecule has 13 heavy (non-hydrogen) atoms. The summed E-state index contributed by atoms with van der Waals surface area (Å²) in [6.45, 7) is 0. The van der Waals surface area contributed by atoms with Gasteiger partial charge in [0.25, 0.3) is 0 Å². The number of hydrogen-bond acceptors (Lipinski definition) is 3. The predicted molar refractivity (Wildman–Crippen MR) is 42.8 cm³/mol. The molecule has 72 valence electrons. The molecule has 0 aromatic rings. The fourth-order valence-corrected chi connectivity index (χ4v) is 1.36. The van der Waals surface area contributed by atoms with Gasteiger partial charge < -0.3 is 5.11 Å². The quantitative estimate of drug-likeness (QED) is 0.621. The Morgan fingerprint density at radius 2 is 2.23 bits per heavy atom. The van der Waals surface area contributed by atoms with Crippen LogP contribution in [0.15, 0.2) is 0 Å². The Morgan fingerprint density at radius 1 is 1.62 bits per heavy atom. The fraction of sp³-hybridized carbons (Fsp3) is 0.625. The van der Waals surface area contributed by atoms with Crippen molar-refractivity contribution in [2.75, 3.05) is 7.05 Å². The van der Waals surface area contributed by atoms with E-state index in [9.17, 15) is 14.4 Å². The lowest BCUT2D eigenvalue weighted by molar-refractivity contribution is -0.138. The number of carboxylic acid groups (broad SMARTS) is 1. The van der Waals surface area contributed by atoms with E-state index in [1.165, 1.54) is 7.05 Å². The van der Waals surface area contributed by atoms with Crippen molar-refractivity contribution in [2.45, 2.75) is 19.3 Å². The molecule has 1 aliphatic heterocycles. The van der Waals surface area contributed by atoms with E-state index in [0.29, 0.717) is 0 Å². The van der Waals surface area contributed by atoms with Crippen molar-refractivity contribution in [2.24, 2.45) is 5.92 Å². The van der Waals surface area contributed by atoms with Gasteiger partial charge in [0.2, 0.25) is 11.8 Å². The molecule has 1 rings (SSSR count). The zero-order valence-corrected chi connectivity index (χ0v) is 7.32. The topological polar surface area (TPSA) is 74.7 Å². The van der Waals surface area contributed by atoms with Gasteiger partial charge in [0.1, 0.15) is 0 Å². The number of carbonyl (C=O) groups is 3. The van der Waals surface area contributed by atoms with Crippen molar-refractivity contribution in [1.29, 1.82) is 0 Å². The van der Waals surface area contributed by atoms with Gasteiger partial charge in [-0.05, 0) is 6.42 Å². The first-order chi connectivity index (χ1) is 6.02. The third-order valence-electron chi connectivity index (χ3n) is 2.18. The van der Waals surface area contributed by atoms with Crippen LogP contribution in [0.25, 0.3) is 0 Å². The van der Waals surface area contributed by atoms with E-state index in [1.807, 2.05) is 0 Å². The molecule has 1 N–H and O–H groups in total. The molecule has 0 bridgehead atoms. The van der Waals surface area contributed by atoms with Crippen LogP contribution >= 0.6 is 0 Å². The van der Waals surface area contributed by atoms with Gasteiger partial charge >= 0.3 is 5.97 Å². The third kappa shape index (κ3) is 2.05. The monoisotopic (exact) mass is 185 g/mol. The number of carbonyl (C=O) groups excluding carboxylic acids is 2. The maximum Gasteiger partial charge on any atom is 0.303 e. The standard InChI is InChI=1S/C8H11NO4/c1-9-6(10)4-5(8(9)13)2-3-7(11)12/h5H,2-4H2,1H3,(H,11,12). The fourth-order valence-electron chi connectivity index (χ4n) is 1.36. The van der Waals surface area contributed by atoms with Crippen LogP contribution in [0, 0.1) is 5.92 Å². The Labute approximate surface area is 75.3 Å². The summed E-state index contributed by atoms with van der Waals surface area (Å²) in [5.74, 6) is -1.84. The van der Waals surface area contributed by atoms with Gasteiger partial charge in [-0.3, -0.25) is 19.3 Å². The van der Waals surface area contributed by atoms with Gasteiger partial charge in [-0.25, -0.2) is 0 Å². The number of likely N-dealkylation sites (tertiary alicyclic amines) is 1. The Kier molecular flexibility index (Phi) is 2.65. The maximum absolute atomic E-state index is 11.2. The zero-order chi connectivity index (χ0) is 10.0. The summed E-state index contributed by atoms with van der Waals surface area (Å²) in [5.41, 5.74) is 0. The minimum Gasteiger partial charge on any atom is -0.481 e. The van der Waals surface area contributed by atoms with Gasteiger partial charge in [0.15, 0.2) is 0 Å². The highest BCUT2D eigenvalue weighted by Crippen LogP contribution is 2.22. The van der Waals surface area contributed by atoms with E-state index in [-0.39, 0.29) is 31.1 Å². The van der Waals surface area contributed by atoms with Crippen molar-refractivity contribution in [3.8, 4) is 0 Å². The second kappa shape index (κ2) is 3.55. The lowest BCUT2D eigenvalue weighted by Crippen LogP contribution is -2.25. The third-order valence-corrected chi connectivity index (χ3v) is 2.18. The number of nitrogens with zero attached hydrogens (tertiary/aromatic N) is 1. The van der Waals surface area contributed by atoms with E-state index in [0.717, 1.165) is 4.90 Å². The van der Waals surface area contributed by atoms with Gasteiger partial charge in [-0.2, -0.15) is 0 Å². The van der Waals surface area contributed by atoms with Gasteiger partial charge in [0.05, 0.1) is 0 Å². The zero-order valence-electron chi connectivity index (χ0n) is 7.32. The lowest BCUT2D eigenvalue weighted by atomic mass is 10.0. The largest absolute Gasteiger partial charge is 0.481 e. The van der Waals surface area contributed by atoms with Crippen LogP contribution in [0.2, 0.25) is 0 Å². The highest BCUT2D eigenvalue weighted by molar-refractivity contribution is 6.03. The highest BCUT2D eigenvalue weighted by Gasteiger charge is 2.35. The first kappa shape index (κ1) is 9.70. The molecule has 0 radical (unpaired) electrons. The summed E-state index contributed by atoms with van der Waals surface area (Å²) in [4.78, 5) is 33.5. The molecule has 0 spiro atoms. The second-order valence-corrected chi connectivity index (χ2v) is 3.12. The summed E-state index contributed by atoms with van der Waals surface area (Å²) in [5, 5.41) is 8.38. The number of imide groups is 1.